The number of aromatic nitrogens is 2. The minimum Gasteiger partial charge on any atom is -0.392 e. The standard InChI is InChI=1S/C17H20N4O5S/c1-2-15-19-17(26-20-15)14-7-11(22)9-21(14)27(24,25)12-4-3-10-5-6-18-16(23)13(10)8-12/h3-4,8,11,14,22H,2,5-7,9H2,1H3,(H,18,23)/t11-,14+/m0/s1. The molecule has 2 N–H and O–H groups in total. The molecule has 4 rings (SSSR count). The number of nitrogens with zero attached hydrogens (tertiary/aromatic N) is 3. The molecular formula is C17H20N4O5S. The van der Waals surface area contributed by atoms with Crippen molar-refractivity contribution in [2.45, 2.75) is 43.2 Å². The fraction of sp³-hybridized carbons (Fsp3) is 0.471. The second-order valence-electron chi connectivity index (χ2n) is 6.71. The van der Waals surface area contributed by atoms with Gasteiger partial charge in [-0.25, -0.2) is 8.42 Å². The molecule has 0 spiro atoms. The van der Waals surface area contributed by atoms with Gasteiger partial charge >= 0.3 is 0 Å². The summed E-state index contributed by atoms with van der Waals surface area (Å²) in [7, 11) is -3.96. The molecule has 2 atom stereocenters. The van der Waals surface area contributed by atoms with E-state index in [1.165, 1.54) is 16.4 Å². The van der Waals surface area contributed by atoms with E-state index < -0.39 is 22.2 Å². The highest BCUT2D eigenvalue weighted by molar-refractivity contribution is 7.89. The van der Waals surface area contributed by atoms with Crippen LogP contribution in [0.2, 0.25) is 0 Å². The Hall–Kier alpha value is -2.30. The Morgan fingerprint density at radius 3 is 2.96 bits per heavy atom. The van der Waals surface area contributed by atoms with Crippen LogP contribution in [-0.2, 0) is 22.9 Å². The predicted molar refractivity (Wildman–Crippen MR) is 93.4 cm³/mol. The number of aryl methyl sites for hydroxylation is 1. The van der Waals surface area contributed by atoms with Gasteiger partial charge in [0.15, 0.2) is 5.82 Å². The Bertz CT molecular complexity index is 987. The van der Waals surface area contributed by atoms with Gasteiger partial charge in [-0.2, -0.15) is 9.29 Å². The first-order chi connectivity index (χ1) is 12.9. The van der Waals surface area contributed by atoms with Crippen molar-refractivity contribution in [3.05, 3.63) is 41.0 Å². The van der Waals surface area contributed by atoms with Crippen LogP contribution in [0.4, 0.5) is 0 Å². The Balaban J connectivity index is 1.71. The van der Waals surface area contributed by atoms with Gasteiger partial charge in [0.05, 0.1) is 11.0 Å². The van der Waals surface area contributed by atoms with Crippen LogP contribution < -0.4 is 5.32 Å². The van der Waals surface area contributed by atoms with Gasteiger partial charge in [0, 0.05) is 31.5 Å². The summed E-state index contributed by atoms with van der Waals surface area (Å²) >= 11 is 0. The summed E-state index contributed by atoms with van der Waals surface area (Å²) in [5, 5.41) is 16.6. The molecule has 3 heterocycles. The molecule has 27 heavy (non-hydrogen) atoms. The molecule has 2 aliphatic heterocycles. The van der Waals surface area contributed by atoms with Crippen LogP contribution in [0.1, 0.15) is 47.0 Å². The predicted octanol–water partition coefficient (Wildman–Crippen LogP) is 0.414. The number of hydrogen-bond donors (Lipinski definition) is 2. The summed E-state index contributed by atoms with van der Waals surface area (Å²) in [6.07, 6.45) is 0.568. The molecule has 1 saturated heterocycles. The van der Waals surface area contributed by atoms with E-state index in [2.05, 4.69) is 15.5 Å². The number of hydrogen-bond acceptors (Lipinski definition) is 7. The smallest absolute Gasteiger partial charge is 0.251 e. The Morgan fingerprint density at radius 2 is 2.22 bits per heavy atom. The van der Waals surface area contributed by atoms with Crippen molar-refractivity contribution in [1.82, 2.24) is 19.8 Å². The summed E-state index contributed by atoms with van der Waals surface area (Å²) in [5.74, 6) is 0.368. The molecule has 1 fully saturated rings. The summed E-state index contributed by atoms with van der Waals surface area (Å²) in [4.78, 5) is 16.3. The van der Waals surface area contributed by atoms with Gasteiger partial charge < -0.3 is 14.9 Å². The molecule has 1 amide bonds. The molecule has 0 bridgehead atoms. The summed E-state index contributed by atoms with van der Waals surface area (Å²) in [6.45, 7) is 2.33. The lowest BCUT2D eigenvalue weighted by Gasteiger charge is -2.23. The Kier molecular flexibility index (Phi) is 4.49. The number of amides is 1. The maximum Gasteiger partial charge on any atom is 0.251 e. The molecule has 0 radical (unpaired) electrons. The molecule has 0 saturated carbocycles. The number of carbonyl (C=O) groups is 1. The topological polar surface area (TPSA) is 126 Å². The fourth-order valence-corrected chi connectivity index (χ4v) is 5.16. The first-order valence-electron chi connectivity index (χ1n) is 8.83. The third-order valence-corrected chi connectivity index (χ3v) is 6.80. The van der Waals surface area contributed by atoms with E-state index in [9.17, 15) is 18.3 Å². The molecule has 1 aromatic heterocycles. The highest BCUT2D eigenvalue weighted by Crippen LogP contribution is 2.36. The van der Waals surface area contributed by atoms with E-state index >= 15 is 0 Å². The summed E-state index contributed by atoms with van der Waals surface area (Å²) in [5.41, 5.74) is 1.19. The quantitative estimate of drug-likeness (QED) is 0.772. The zero-order valence-electron chi connectivity index (χ0n) is 14.8. The molecule has 144 valence electrons. The van der Waals surface area contributed by atoms with Crippen molar-refractivity contribution in [3.8, 4) is 0 Å². The average molecular weight is 392 g/mol. The zero-order chi connectivity index (χ0) is 19.2. The van der Waals surface area contributed by atoms with Crippen LogP contribution in [0, 0.1) is 0 Å². The lowest BCUT2D eigenvalue weighted by molar-refractivity contribution is 0.0945. The van der Waals surface area contributed by atoms with E-state index in [-0.39, 0.29) is 29.7 Å². The molecule has 10 heteroatoms. The average Bonchev–Trinajstić information content (AvgIpc) is 3.28. The first kappa shape index (κ1) is 18.1. The Labute approximate surface area is 156 Å². The minimum atomic E-state index is -3.96. The number of rotatable bonds is 4. The number of aliphatic hydroxyl groups is 1. The second-order valence-corrected chi connectivity index (χ2v) is 8.60. The normalized spacial score (nSPS) is 23.3. The number of nitrogens with one attached hydrogen (secondary N) is 1. The highest BCUT2D eigenvalue weighted by atomic mass is 32.2. The molecule has 2 aliphatic rings. The van der Waals surface area contributed by atoms with E-state index in [1.807, 2.05) is 6.92 Å². The van der Waals surface area contributed by atoms with Crippen molar-refractivity contribution >= 4 is 15.9 Å². The number of aliphatic hydroxyl groups excluding tert-OH is 1. The second kappa shape index (κ2) is 6.70. The maximum absolute atomic E-state index is 13.2. The van der Waals surface area contributed by atoms with E-state index in [0.717, 1.165) is 5.56 Å². The van der Waals surface area contributed by atoms with Crippen molar-refractivity contribution in [2.75, 3.05) is 13.1 Å². The third kappa shape index (κ3) is 3.13. The van der Waals surface area contributed by atoms with Crippen molar-refractivity contribution in [1.29, 1.82) is 0 Å². The third-order valence-electron chi connectivity index (χ3n) is 4.93. The number of fused-ring (bicyclic) bond motifs is 1. The van der Waals surface area contributed by atoms with E-state index in [4.69, 9.17) is 4.52 Å². The lowest BCUT2D eigenvalue weighted by atomic mass is 10.0. The van der Waals surface area contributed by atoms with Crippen LogP contribution in [-0.4, -0.2) is 53.1 Å². The Morgan fingerprint density at radius 1 is 1.41 bits per heavy atom. The van der Waals surface area contributed by atoms with Gasteiger partial charge in [-0.1, -0.05) is 18.1 Å². The van der Waals surface area contributed by atoms with E-state index in [0.29, 0.717) is 30.8 Å². The van der Waals surface area contributed by atoms with Gasteiger partial charge in [0.25, 0.3) is 5.91 Å². The minimum absolute atomic E-state index is 0.00707. The fourth-order valence-electron chi connectivity index (χ4n) is 3.51. The summed E-state index contributed by atoms with van der Waals surface area (Å²) < 4.78 is 32.8. The number of β-amino-alcohol motifs (C(OH)–C–C–N with tert-alkyl or cyclic N) is 1. The first-order valence-corrected chi connectivity index (χ1v) is 10.3. The van der Waals surface area contributed by atoms with Gasteiger partial charge in [0.1, 0.15) is 6.04 Å². The maximum atomic E-state index is 13.2. The molecule has 9 nitrogen and oxygen atoms in total. The zero-order valence-corrected chi connectivity index (χ0v) is 15.6. The lowest BCUT2D eigenvalue weighted by Crippen LogP contribution is -2.34. The molecular weight excluding hydrogens is 372 g/mol. The summed E-state index contributed by atoms with van der Waals surface area (Å²) in [6, 6.07) is 3.83. The molecule has 0 unspecified atom stereocenters. The highest BCUT2D eigenvalue weighted by Gasteiger charge is 2.43. The van der Waals surface area contributed by atoms with Crippen LogP contribution in [0.25, 0.3) is 0 Å². The van der Waals surface area contributed by atoms with Crippen molar-refractivity contribution in [2.24, 2.45) is 0 Å². The van der Waals surface area contributed by atoms with Gasteiger partial charge in [-0.3, -0.25) is 4.79 Å². The van der Waals surface area contributed by atoms with Crippen LogP contribution in [0.3, 0.4) is 0 Å². The SMILES string of the molecule is CCc1noc([C@H]2C[C@H](O)CN2S(=O)(=O)c2ccc3c(c2)C(=O)NCC3)n1. The number of carbonyl (C=O) groups excluding carboxylic acids is 1. The van der Waals surface area contributed by atoms with Crippen LogP contribution >= 0.6 is 0 Å². The van der Waals surface area contributed by atoms with Crippen LogP contribution in [0.15, 0.2) is 27.6 Å². The number of sulfonamides is 1. The van der Waals surface area contributed by atoms with Crippen molar-refractivity contribution in [3.63, 3.8) is 0 Å². The number of benzene rings is 1. The monoisotopic (exact) mass is 392 g/mol. The van der Waals surface area contributed by atoms with Gasteiger partial charge in [-0.15, -0.1) is 0 Å². The van der Waals surface area contributed by atoms with E-state index in [1.54, 1.807) is 6.07 Å². The molecule has 0 aliphatic carbocycles. The largest absolute Gasteiger partial charge is 0.392 e. The van der Waals surface area contributed by atoms with Gasteiger partial charge in [-0.05, 0) is 24.1 Å². The van der Waals surface area contributed by atoms with Crippen molar-refractivity contribution < 1.29 is 22.8 Å². The molecule has 1 aromatic carbocycles. The molecule has 2 aromatic rings. The van der Waals surface area contributed by atoms with Gasteiger partial charge in [0.2, 0.25) is 15.9 Å². The van der Waals surface area contributed by atoms with Crippen LogP contribution in [0.5, 0.6) is 0 Å².